The van der Waals surface area contributed by atoms with Crippen molar-refractivity contribution >= 4 is 53.1 Å². The maximum atomic E-state index is 12.3. The van der Waals surface area contributed by atoms with Gasteiger partial charge in [0.25, 0.3) is 0 Å². The highest BCUT2D eigenvalue weighted by atomic mass is 79.9. The number of benzene rings is 1. The number of hydrogen-bond donors (Lipinski definition) is 2. The highest BCUT2D eigenvalue weighted by Gasteiger charge is 2.29. The summed E-state index contributed by atoms with van der Waals surface area (Å²) in [6, 6.07) is 2.73. The summed E-state index contributed by atoms with van der Waals surface area (Å²) in [6.07, 6.45) is 0.462. The molecule has 0 radical (unpaired) electrons. The van der Waals surface area contributed by atoms with Crippen LogP contribution >= 0.6 is 27.5 Å². The smallest absolute Gasteiger partial charge is 0.241 e. The van der Waals surface area contributed by atoms with Gasteiger partial charge < -0.3 is 5.73 Å². The molecule has 1 saturated heterocycles. The van der Waals surface area contributed by atoms with Gasteiger partial charge in [-0.15, -0.1) is 0 Å². The van der Waals surface area contributed by atoms with Gasteiger partial charge in [-0.05, 0) is 40.4 Å². The first-order chi connectivity index (χ1) is 9.61. The Balaban J connectivity index is 2.16. The number of nitrogens with one attached hydrogen (secondary N) is 1. The van der Waals surface area contributed by atoms with Crippen LogP contribution in [0.3, 0.4) is 0 Å². The van der Waals surface area contributed by atoms with E-state index in [2.05, 4.69) is 20.7 Å². The standard InChI is InChI=1S/C11H14BrClN2O4S2/c12-11-9(14)3-8(13)4-10(11)21(18,19)15-5-7-1-2-20(16,17)6-7/h3-4,7,15H,1-2,5-6,14H2. The summed E-state index contributed by atoms with van der Waals surface area (Å²) in [4.78, 5) is -0.0617. The number of rotatable bonds is 4. The molecular weight excluding hydrogens is 404 g/mol. The van der Waals surface area contributed by atoms with Gasteiger partial charge in [0.1, 0.15) is 0 Å². The molecule has 10 heteroatoms. The fourth-order valence-electron chi connectivity index (χ4n) is 2.12. The molecule has 1 aliphatic heterocycles. The number of sulfone groups is 1. The summed E-state index contributed by atoms with van der Waals surface area (Å²) in [5, 5.41) is 0.208. The Bertz CT molecular complexity index is 765. The number of nitrogen functional groups attached to an aromatic ring is 1. The zero-order valence-electron chi connectivity index (χ0n) is 10.8. The third kappa shape index (κ3) is 4.10. The predicted octanol–water partition coefficient (Wildman–Crippen LogP) is 1.40. The number of sulfonamides is 1. The van der Waals surface area contributed by atoms with E-state index in [1.54, 1.807) is 0 Å². The molecule has 1 aliphatic rings. The molecule has 1 unspecified atom stereocenters. The third-order valence-corrected chi connectivity index (χ3v) is 7.86. The van der Waals surface area contributed by atoms with E-state index in [-0.39, 0.29) is 44.0 Å². The Kier molecular flexibility index (Phi) is 4.89. The van der Waals surface area contributed by atoms with Crippen LogP contribution in [-0.4, -0.2) is 34.9 Å². The fourth-order valence-corrected chi connectivity index (χ4v) is 6.39. The number of hydrogen-bond acceptors (Lipinski definition) is 5. The lowest BCUT2D eigenvalue weighted by atomic mass is 10.1. The van der Waals surface area contributed by atoms with Crippen LogP contribution in [0.2, 0.25) is 5.02 Å². The largest absolute Gasteiger partial charge is 0.398 e. The quantitative estimate of drug-likeness (QED) is 0.720. The maximum Gasteiger partial charge on any atom is 0.241 e. The van der Waals surface area contributed by atoms with Crippen LogP contribution in [0.5, 0.6) is 0 Å². The average molecular weight is 418 g/mol. The van der Waals surface area contributed by atoms with Gasteiger partial charge in [-0.1, -0.05) is 11.6 Å². The molecule has 1 heterocycles. The number of anilines is 1. The van der Waals surface area contributed by atoms with E-state index in [1.165, 1.54) is 12.1 Å². The molecule has 6 nitrogen and oxygen atoms in total. The second-order valence-electron chi connectivity index (χ2n) is 4.93. The van der Waals surface area contributed by atoms with Gasteiger partial charge in [-0.3, -0.25) is 0 Å². The predicted molar refractivity (Wildman–Crippen MR) is 85.5 cm³/mol. The van der Waals surface area contributed by atoms with Crippen molar-refractivity contribution in [2.45, 2.75) is 11.3 Å². The van der Waals surface area contributed by atoms with Crippen LogP contribution in [0.4, 0.5) is 5.69 Å². The minimum atomic E-state index is -3.82. The number of nitrogens with two attached hydrogens (primary N) is 1. The van der Waals surface area contributed by atoms with Crippen molar-refractivity contribution in [2.24, 2.45) is 5.92 Å². The first-order valence-corrected chi connectivity index (χ1v) is 10.5. The summed E-state index contributed by atoms with van der Waals surface area (Å²) >= 11 is 8.94. The zero-order chi connectivity index (χ0) is 15.8. The molecule has 1 fully saturated rings. The lowest BCUT2D eigenvalue weighted by molar-refractivity contribution is 0.543. The van der Waals surface area contributed by atoms with E-state index in [0.717, 1.165) is 0 Å². The molecule has 0 aliphatic carbocycles. The summed E-state index contributed by atoms with van der Waals surface area (Å²) < 4.78 is 49.9. The van der Waals surface area contributed by atoms with Gasteiger partial charge in [-0.25, -0.2) is 21.6 Å². The van der Waals surface area contributed by atoms with Crippen LogP contribution in [0.25, 0.3) is 0 Å². The zero-order valence-corrected chi connectivity index (χ0v) is 14.8. The molecule has 1 aromatic carbocycles. The van der Waals surface area contributed by atoms with E-state index in [0.29, 0.717) is 6.42 Å². The lowest BCUT2D eigenvalue weighted by Gasteiger charge is -2.13. The van der Waals surface area contributed by atoms with E-state index in [9.17, 15) is 16.8 Å². The van der Waals surface area contributed by atoms with Crippen LogP contribution in [0, 0.1) is 5.92 Å². The molecular formula is C11H14BrClN2O4S2. The van der Waals surface area contributed by atoms with E-state index in [1.807, 2.05) is 0 Å². The van der Waals surface area contributed by atoms with Gasteiger partial charge in [-0.2, -0.15) is 0 Å². The molecule has 118 valence electrons. The van der Waals surface area contributed by atoms with Crippen molar-refractivity contribution in [3.8, 4) is 0 Å². The van der Waals surface area contributed by atoms with Crippen molar-refractivity contribution in [3.63, 3.8) is 0 Å². The molecule has 1 aromatic rings. The minimum Gasteiger partial charge on any atom is -0.398 e. The van der Waals surface area contributed by atoms with Gasteiger partial charge in [0.15, 0.2) is 9.84 Å². The lowest BCUT2D eigenvalue weighted by Crippen LogP contribution is -2.30. The monoisotopic (exact) mass is 416 g/mol. The van der Waals surface area contributed by atoms with Crippen molar-refractivity contribution in [2.75, 3.05) is 23.8 Å². The Labute approximate surface area is 137 Å². The molecule has 0 aromatic heterocycles. The van der Waals surface area contributed by atoms with E-state index < -0.39 is 19.9 Å². The molecule has 2 rings (SSSR count). The number of halogens is 2. The first-order valence-electron chi connectivity index (χ1n) is 6.05. The SMILES string of the molecule is Nc1cc(Cl)cc(S(=O)(=O)NCC2CCS(=O)(=O)C2)c1Br. The molecule has 1 atom stereocenters. The minimum absolute atomic E-state index is 0.00831. The fraction of sp³-hybridized carbons (Fsp3) is 0.455. The van der Waals surface area contributed by atoms with Crippen LogP contribution in [-0.2, 0) is 19.9 Å². The van der Waals surface area contributed by atoms with Crippen molar-refractivity contribution in [3.05, 3.63) is 21.6 Å². The highest BCUT2D eigenvalue weighted by Crippen LogP contribution is 2.31. The summed E-state index contributed by atoms with van der Waals surface area (Å²) in [7, 11) is -6.85. The molecule has 21 heavy (non-hydrogen) atoms. The normalized spacial score (nSPS) is 21.5. The van der Waals surface area contributed by atoms with Gasteiger partial charge in [0.05, 0.1) is 20.9 Å². The molecule has 0 bridgehead atoms. The van der Waals surface area contributed by atoms with Crippen LogP contribution in [0.15, 0.2) is 21.5 Å². The van der Waals surface area contributed by atoms with E-state index >= 15 is 0 Å². The topological polar surface area (TPSA) is 106 Å². The van der Waals surface area contributed by atoms with Crippen molar-refractivity contribution < 1.29 is 16.8 Å². The highest BCUT2D eigenvalue weighted by molar-refractivity contribution is 9.10. The van der Waals surface area contributed by atoms with Crippen molar-refractivity contribution in [1.82, 2.24) is 4.72 Å². The Hall–Kier alpha value is -0.350. The average Bonchev–Trinajstić information content (AvgIpc) is 2.71. The van der Waals surface area contributed by atoms with Gasteiger partial charge in [0.2, 0.25) is 10.0 Å². The van der Waals surface area contributed by atoms with E-state index in [4.69, 9.17) is 17.3 Å². The Morgan fingerprint density at radius 1 is 1.43 bits per heavy atom. The summed E-state index contributed by atoms with van der Waals surface area (Å²) in [6.45, 7) is 0.0699. The Morgan fingerprint density at radius 3 is 2.67 bits per heavy atom. The molecule has 0 saturated carbocycles. The molecule has 0 spiro atoms. The Morgan fingerprint density at radius 2 is 2.10 bits per heavy atom. The van der Waals surface area contributed by atoms with Gasteiger partial charge >= 0.3 is 0 Å². The first kappa shape index (κ1) is 17.0. The summed E-state index contributed by atoms with van der Waals surface area (Å²) in [5.41, 5.74) is 5.88. The summed E-state index contributed by atoms with van der Waals surface area (Å²) in [5.74, 6) is -0.0956. The maximum absolute atomic E-state index is 12.3. The van der Waals surface area contributed by atoms with Gasteiger partial charge in [0, 0.05) is 17.3 Å². The molecule has 0 amide bonds. The second-order valence-corrected chi connectivity index (χ2v) is 10.1. The molecule has 3 N–H and O–H groups in total. The van der Waals surface area contributed by atoms with Crippen LogP contribution < -0.4 is 10.5 Å². The second kappa shape index (κ2) is 6.04. The third-order valence-electron chi connectivity index (χ3n) is 3.21. The van der Waals surface area contributed by atoms with Crippen molar-refractivity contribution in [1.29, 1.82) is 0 Å². The van der Waals surface area contributed by atoms with Crippen LogP contribution in [0.1, 0.15) is 6.42 Å².